The zero-order valence-electron chi connectivity index (χ0n) is 23.5. The number of likely N-dealkylation sites (tertiary alicyclic amines) is 1. The predicted octanol–water partition coefficient (Wildman–Crippen LogP) is 8.03. The fourth-order valence-electron chi connectivity index (χ4n) is 4.97. The van der Waals surface area contributed by atoms with Crippen LogP contribution in [0.3, 0.4) is 0 Å². The molecule has 1 saturated heterocycles. The van der Waals surface area contributed by atoms with E-state index in [9.17, 15) is 0 Å². The van der Waals surface area contributed by atoms with Crippen molar-refractivity contribution in [3.05, 3.63) is 107 Å². The molecule has 0 spiro atoms. The summed E-state index contributed by atoms with van der Waals surface area (Å²) in [4.78, 5) is 5.04. The molecule has 0 radical (unpaired) electrons. The first-order chi connectivity index (χ1) is 17.8. The van der Waals surface area contributed by atoms with Gasteiger partial charge in [0.2, 0.25) is 0 Å². The highest BCUT2D eigenvalue weighted by Crippen LogP contribution is 2.25. The molecule has 1 aliphatic heterocycles. The first-order valence-corrected chi connectivity index (χ1v) is 13.9. The first kappa shape index (κ1) is 27.0. The minimum absolute atomic E-state index is 0.215. The lowest BCUT2D eigenvalue weighted by molar-refractivity contribution is 0.211. The maximum absolute atomic E-state index is 3.80. The van der Waals surface area contributed by atoms with Gasteiger partial charge in [0.05, 0.1) is 0 Å². The molecule has 0 amide bonds. The van der Waals surface area contributed by atoms with Crippen LogP contribution in [0.5, 0.6) is 0 Å². The molecule has 3 aromatic rings. The van der Waals surface area contributed by atoms with Gasteiger partial charge in [-0.15, -0.1) is 0 Å². The van der Waals surface area contributed by atoms with Gasteiger partial charge in [-0.2, -0.15) is 0 Å². The van der Waals surface area contributed by atoms with Crippen LogP contribution >= 0.6 is 0 Å². The molecule has 1 heterocycles. The molecule has 1 aliphatic rings. The smallest absolute Gasteiger partial charge is 0.0432 e. The van der Waals surface area contributed by atoms with E-state index in [2.05, 4.69) is 135 Å². The summed E-state index contributed by atoms with van der Waals surface area (Å²) in [5.41, 5.74) is 8.22. The molecule has 0 saturated carbocycles. The molecule has 0 aliphatic carbocycles. The van der Waals surface area contributed by atoms with Crippen molar-refractivity contribution in [1.29, 1.82) is 0 Å². The van der Waals surface area contributed by atoms with Crippen LogP contribution in [0.4, 0.5) is 11.4 Å². The molecule has 3 nitrogen and oxygen atoms in total. The molecule has 37 heavy (non-hydrogen) atoms. The topological polar surface area (TPSA) is 18.5 Å². The van der Waals surface area contributed by atoms with Gasteiger partial charge < -0.3 is 10.2 Å². The van der Waals surface area contributed by atoms with E-state index < -0.39 is 0 Å². The maximum Gasteiger partial charge on any atom is 0.0432 e. The van der Waals surface area contributed by atoms with Crippen LogP contribution in [-0.4, -0.2) is 30.6 Å². The van der Waals surface area contributed by atoms with Gasteiger partial charge in [0.1, 0.15) is 0 Å². The Kier molecular flexibility index (Phi) is 9.10. The summed E-state index contributed by atoms with van der Waals surface area (Å²) in [5.74, 6) is 0. The van der Waals surface area contributed by atoms with Gasteiger partial charge in [-0.25, -0.2) is 0 Å². The summed E-state index contributed by atoms with van der Waals surface area (Å²) in [6.45, 7) is 16.3. The van der Waals surface area contributed by atoms with Crippen molar-refractivity contribution < 1.29 is 0 Å². The summed E-state index contributed by atoms with van der Waals surface area (Å²) >= 11 is 0. The fraction of sp³-hybridized carbons (Fsp3) is 0.412. The lowest BCUT2D eigenvalue weighted by Gasteiger charge is -2.33. The highest BCUT2D eigenvalue weighted by atomic mass is 15.1. The monoisotopic (exact) mass is 495 g/mol. The molecule has 0 unspecified atom stereocenters. The first-order valence-electron chi connectivity index (χ1n) is 13.9. The van der Waals surface area contributed by atoms with Gasteiger partial charge in [-0.05, 0) is 73.1 Å². The largest absolute Gasteiger partial charge is 0.382 e. The number of nitrogens with zero attached hydrogens (tertiary/aromatic N) is 2. The van der Waals surface area contributed by atoms with E-state index in [-0.39, 0.29) is 5.41 Å². The molecule has 0 bridgehead atoms. The quantitative estimate of drug-likeness (QED) is 0.303. The molecule has 0 atom stereocenters. The summed E-state index contributed by atoms with van der Waals surface area (Å²) < 4.78 is 0. The van der Waals surface area contributed by atoms with Crippen LogP contribution in [0.1, 0.15) is 64.2 Å². The third-order valence-electron chi connectivity index (χ3n) is 7.35. The minimum atomic E-state index is 0.215. The third kappa shape index (κ3) is 8.23. The number of anilines is 2. The number of allylic oxidation sites excluding steroid dienone is 1. The van der Waals surface area contributed by atoms with E-state index >= 15 is 0 Å². The normalized spacial score (nSPS) is 14.8. The van der Waals surface area contributed by atoms with Crippen molar-refractivity contribution in [3.63, 3.8) is 0 Å². The Bertz CT molecular complexity index is 1110. The van der Waals surface area contributed by atoms with Crippen molar-refractivity contribution in [2.45, 2.75) is 72.0 Å². The van der Waals surface area contributed by atoms with Crippen molar-refractivity contribution in [1.82, 2.24) is 4.90 Å². The molecular formula is C34H45N3. The second-order valence-electron chi connectivity index (χ2n) is 11.8. The van der Waals surface area contributed by atoms with E-state index in [1.54, 1.807) is 0 Å². The Morgan fingerprint density at radius 1 is 0.865 bits per heavy atom. The SMILES string of the molecule is CC(C)=CCN(Cc1ccccc1)c1ccc(NC2CCN(Cc3ccc(C(C)(C)C)cc3)CC2)cc1. The Morgan fingerprint density at radius 3 is 2.11 bits per heavy atom. The van der Waals surface area contributed by atoms with Crippen LogP contribution in [0.2, 0.25) is 0 Å². The summed E-state index contributed by atoms with van der Waals surface area (Å²) in [5, 5.41) is 3.80. The standard InChI is InChI=1S/C34H45N3/c1-27(2)19-24-37(26-28-9-7-6-8-10-28)33-17-15-31(16-18-33)35-32-20-22-36(23-21-32)25-29-11-13-30(14-12-29)34(3,4)5/h6-19,32,35H,20-26H2,1-5H3. The van der Waals surface area contributed by atoms with Crippen LogP contribution in [0.25, 0.3) is 0 Å². The van der Waals surface area contributed by atoms with Crippen molar-refractivity contribution in [3.8, 4) is 0 Å². The summed E-state index contributed by atoms with van der Waals surface area (Å²) in [7, 11) is 0. The number of piperidine rings is 1. The Labute approximate surface area is 225 Å². The molecule has 4 rings (SSSR count). The molecule has 0 aromatic heterocycles. The number of hydrogen-bond donors (Lipinski definition) is 1. The lowest BCUT2D eigenvalue weighted by Crippen LogP contribution is -2.38. The average Bonchev–Trinajstić information content (AvgIpc) is 2.88. The summed E-state index contributed by atoms with van der Waals surface area (Å²) in [6.07, 6.45) is 4.67. The van der Waals surface area contributed by atoms with Crippen LogP contribution in [0, 0.1) is 0 Å². The van der Waals surface area contributed by atoms with Crippen LogP contribution < -0.4 is 10.2 Å². The lowest BCUT2D eigenvalue weighted by atomic mass is 9.86. The van der Waals surface area contributed by atoms with Gasteiger partial charge in [0.25, 0.3) is 0 Å². The number of benzene rings is 3. The second-order valence-corrected chi connectivity index (χ2v) is 11.8. The van der Waals surface area contributed by atoms with E-state index in [1.165, 1.54) is 46.5 Å². The number of hydrogen-bond acceptors (Lipinski definition) is 3. The average molecular weight is 496 g/mol. The molecule has 3 heteroatoms. The number of rotatable bonds is 9. The van der Waals surface area contributed by atoms with Gasteiger partial charge >= 0.3 is 0 Å². The van der Waals surface area contributed by atoms with Crippen molar-refractivity contribution in [2.75, 3.05) is 29.9 Å². The zero-order valence-corrected chi connectivity index (χ0v) is 23.5. The molecular weight excluding hydrogens is 450 g/mol. The van der Waals surface area contributed by atoms with E-state index in [0.717, 1.165) is 32.7 Å². The van der Waals surface area contributed by atoms with Crippen molar-refractivity contribution >= 4 is 11.4 Å². The van der Waals surface area contributed by atoms with Gasteiger partial charge in [-0.3, -0.25) is 4.90 Å². The second kappa shape index (κ2) is 12.5. The van der Waals surface area contributed by atoms with E-state index in [4.69, 9.17) is 0 Å². The highest BCUT2D eigenvalue weighted by molar-refractivity contribution is 5.56. The highest BCUT2D eigenvalue weighted by Gasteiger charge is 2.20. The Balaban J connectivity index is 1.29. The van der Waals surface area contributed by atoms with E-state index in [0.29, 0.717) is 6.04 Å². The summed E-state index contributed by atoms with van der Waals surface area (Å²) in [6, 6.07) is 29.5. The zero-order chi connectivity index (χ0) is 26.3. The Hall–Kier alpha value is -3.04. The van der Waals surface area contributed by atoms with Crippen LogP contribution in [0.15, 0.2) is 90.5 Å². The maximum atomic E-state index is 3.80. The molecule has 1 N–H and O–H groups in total. The van der Waals surface area contributed by atoms with Crippen molar-refractivity contribution in [2.24, 2.45) is 0 Å². The predicted molar refractivity (Wildman–Crippen MR) is 160 cm³/mol. The number of nitrogens with one attached hydrogen (secondary N) is 1. The Morgan fingerprint density at radius 2 is 1.51 bits per heavy atom. The van der Waals surface area contributed by atoms with Gasteiger partial charge in [0.15, 0.2) is 0 Å². The molecule has 196 valence electrons. The van der Waals surface area contributed by atoms with Gasteiger partial charge in [-0.1, -0.05) is 87.0 Å². The molecule has 3 aromatic carbocycles. The minimum Gasteiger partial charge on any atom is -0.382 e. The third-order valence-corrected chi connectivity index (χ3v) is 7.35. The molecule has 1 fully saturated rings. The fourth-order valence-corrected chi connectivity index (χ4v) is 4.97. The van der Waals surface area contributed by atoms with Crippen LogP contribution in [-0.2, 0) is 18.5 Å². The van der Waals surface area contributed by atoms with E-state index in [1.807, 2.05) is 0 Å². The van der Waals surface area contributed by atoms with Gasteiger partial charge in [0, 0.05) is 50.1 Å².